The lowest BCUT2D eigenvalue weighted by Crippen LogP contribution is -2.10. The third kappa shape index (κ3) is 3.97. The second kappa shape index (κ2) is 7.18. The van der Waals surface area contributed by atoms with E-state index in [4.69, 9.17) is 4.74 Å². The number of aromatic nitrogens is 3. The Kier molecular flexibility index (Phi) is 4.93. The summed E-state index contributed by atoms with van der Waals surface area (Å²) in [5, 5.41) is 3.97. The third-order valence-corrected chi connectivity index (χ3v) is 3.84. The zero-order valence-electron chi connectivity index (χ0n) is 14.0. The topological polar surface area (TPSA) is 57.0 Å². The molecule has 0 N–H and O–H groups in total. The molecule has 0 bridgehead atoms. The number of nitrogens with zero attached hydrogens (tertiary/aromatic N) is 3. The number of alkyl halides is 3. The van der Waals surface area contributed by atoms with Gasteiger partial charge in [-0.05, 0) is 25.1 Å². The van der Waals surface area contributed by atoms with Gasteiger partial charge in [-0.3, -0.25) is 0 Å². The quantitative estimate of drug-likeness (QED) is 0.506. The Bertz CT molecular complexity index is 965. The molecular formula is C18H13F4N3O2. The molecular weight excluding hydrogens is 366 g/mol. The Morgan fingerprint density at radius 2 is 1.89 bits per heavy atom. The number of carbonyl (C=O) groups excluding carboxylic acids is 1. The summed E-state index contributed by atoms with van der Waals surface area (Å²) in [5.74, 6) is -1.10. The maximum atomic E-state index is 13.6. The van der Waals surface area contributed by atoms with Crippen molar-refractivity contribution in [3.05, 3.63) is 77.0 Å². The molecule has 0 aliphatic heterocycles. The molecule has 0 aliphatic carbocycles. The zero-order valence-corrected chi connectivity index (χ0v) is 14.0. The molecule has 2 heterocycles. The van der Waals surface area contributed by atoms with Crippen LogP contribution in [0, 0.1) is 12.7 Å². The lowest BCUT2D eigenvalue weighted by Gasteiger charge is -2.08. The summed E-state index contributed by atoms with van der Waals surface area (Å²) < 4.78 is 57.7. The Labute approximate surface area is 151 Å². The summed E-state index contributed by atoms with van der Waals surface area (Å²) in [6.07, 6.45) is -2.59. The van der Waals surface area contributed by atoms with E-state index in [0.29, 0.717) is 11.9 Å². The number of hydrogen-bond acceptors (Lipinski definition) is 4. The van der Waals surface area contributed by atoms with Crippen molar-refractivity contribution < 1.29 is 27.1 Å². The number of hydrogen-bond donors (Lipinski definition) is 0. The standard InChI is InChI=1S/C18H13F4N3O2/c1-11-14(17(26)27-10-12-4-2-3-5-15(12)19)9-24-25(11)16-7-6-13(8-23-16)18(20,21)22/h2-9H,10H2,1H3. The number of benzene rings is 1. The van der Waals surface area contributed by atoms with Gasteiger partial charge in [0.2, 0.25) is 0 Å². The highest BCUT2D eigenvalue weighted by Gasteiger charge is 2.30. The van der Waals surface area contributed by atoms with Gasteiger partial charge in [0, 0.05) is 11.8 Å². The van der Waals surface area contributed by atoms with E-state index in [1.165, 1.54) is 29.1 Å². The minimum Gasteiger partial charge on any atom is -0.457 e. The van der Waals surface area contributed by atoms with Crippen molar-refractivity contribution in [3.8, 4) is 5.82 Å². The highest BCUT2D eigenvalue weighted by atomic mass is 19.4. The molecule has 0 fully saturated rings. The van der Waals surface area contributed by atoms with Gasteiger partial charge in [0.05, 0.1) is 17.5 Å². The average Bonchev–Trinajstić information content (AvgIpc) is 3.02. The van der Waals surface area contributed by atoms with Crippen molar-refractivity contribution in [3.63, 3.8) is 0 Å². The van der Waals surface area contributed by atoms with Crippen LogP contribution in [0.4, 0.5) is 17.6 Å². The van der Waals surface area contributed by atoms with Crippen LogP contribution >= 0.6 is 0 Å². The minimum absolute atomic E-state index is 0.105. The van der Waals surface area contributed by atoms with Gasteiger partial charge in [-0.25, -0.2) is 18.9 Å². The Morgan fingerprint density at radius 1 is 1.15 bits per heavy atom. The summed E-state index contributed by atoms with van der Waals surface area (Å²) in [7, 11) is 0. The number of pyridine rings is 1. The number of rotatable bonds is 4. The third-order valence-electron chi connectivity index (χ3n) is 3.84. The first-order valence-corrected chi connectivity index (χ1v) is 7.76. The molecule has 0 amide bonds. The molecule has 3 aromatic rings. The van der Waals surface area contributed by atoms with Crippen molar-refractivity contribution >= 4 is 5.97 Å². The molecule has 0 saturated heterocycles. The van der Waals surface area contributed by atoms with Crippen LogP contribution in [0.1, 0.15) is 27.2 Å². The molecule has 2 aromatic heterocycles. The van der Waals surface area contributed by atoms with Gasteiger partial charge >= 0.3 is 12.1 Å². The monoisotopic (exact) mass is 379 g/mol. The lowest BCUT2D eigenvalue weighted by atomic mass is 10.2. The van der Waals surface area contributed by atoms with E-state index in [1.54, 1.807) is 13.0 Å². The van der Waals surface area contributed by atoms with E-state index in [-0.39, 0.29) is 23.6 Å². The maximum absolute atomic E-state index is 13.6. The fourth-order valence-electron chi connectivity index (χ4n) is 2.36. The van der Waals surface area contributed by atoms with Gasteiger partial charge in [0.15, 0.2) is 5.82 Å². The van der Waals surface area contributed by atoms with Crippen LogP contribution in [0.25, 0.3) is 5.82 Å². The van der Waals surface area contributed by atoms with Crippen LogP contribution in [0.15, 0.2) is 48.8 Å². The largest absolute Gasteiger partial charge is 0.457 e. The van der Waals surface area contributed by atoms with E-state index in [2.05, 4.69) is 10.1 Å². The van der Waals surface area contributed by atoms with Crippen LogP contribution in [0.3, 0.4) is 0 Å². The molecule has 0 spiro atoms. The predicted octanol–water partition coefficient (Wildman–Crippen LogP) is 4.09. The minimum atomic E-state index is -4.49. The normalized spacial score (nSPS) is 11.4. The number of ether oxygens (including phenoxy) is 1. The smallest absolute Gasteiger partial charge is 0.417 e. The number of esters is 1. The van der Waals surface area contributed by atoms with E-state index in [1.807, 2.05) is 0 Å². The molecule has 3 rings (SSSR count). The Morgan fingerprint density at radius 3 is 2.52 bits per heavy atom. The fraction of sp³-hybridized carbons (Fsp3) is 0.167. The predicted molar refractivity (Wildman–Crippen MR) is 86.6 cm³/mol. The molecule has 5 nitrogen and oxygen atoms in total. The van der Waals surface area contributed by atoms with Crippen molar-refractivity contribution in [2.24, 2.45) is 0 Å². The Hall–Kier alpha value is -3.23. The van der Waals surface area contributed by atoms with Gasteiger partial charge in [-0.1, -0.05) is 18.2 Å². The molecule has 9 heteroatoms. The lowest BCUT2D eigenvalue weighted by molar-refractivity contribution is -0.137. The van der Waals surface area contributed by atoms with Crippen LogP contribution in [-0.4, -0.2) is 20.7 Å². The maximum Gasteiger partial charge on any atom is 0.417 e. The van der Waals surface area contributed by atoms with E-state index < -0.39 is 23.5 Å². The molecule has 0 saturated carbocycles. The summed E-state index contributed by atoms with van der Waals surface area (Å²) in [6.45, 7) is 1.29. The van der Waals surface area contributed by atoms with Gasteiger partial charge in [0.25, 0.3) is 0 Å². The van der Waals surface area contributed by atoms with Crippen LogP contribution in [0.5, 0.6) is 0 Å². The summed E-state index contributed by atoms with van der Waals surface area (Å²) in [4.78, 5) is 15.9. The van der Waals surface area contributed by atoms with Crippen LogP contribution in [0.2, 0.25) is 0 Å². The van der Waals surface area contributed by atoms with Crippen molar-refractivity contribution in [1.82, 2.24) is 14.8 Å². The van der Waals surface area contributed by atoms with Crippen molar-refractivity contribution in [1.29, 1.82) is 0 Å². The molecule has 0 unspecified atom stereocenters. The summed E-state index contributed by atoms with van der Waals surface area (Å²) >= 11 is 0. The van der Waals surface area contributed by atoms with E-state index in [9.17, 15) is 22.4 Å². The highest BCUT2D eigenvalue weighted by Crippen LogP contribution is 2.28. The molecule has 0 aliphatic rings. The SMILES string of the molecule is Cc1c(C(=O)OCc2ccccc2F)cnn1-c1ccc(C(F)(F)F)cn1. The van der Waals surface area contributed by atoms with Gasteiger partial charge in [-0.15, -0.1) is 0 Å². The molecule has 140 valence electrons. The average molecular weight is 379 g/mol. The van der Waals surface area contributed by atoms with Crippen molar-refractivity contribution in [2.45, 2.75) is 19.7 Å². The molecule has 1 aromatic carbocycles. The Balaban J connectivity index is 1.76. The molecule has 27 heavy (non-hydrogen) atoms. The zero-order chi connectivity index (χ0) is 19.6. The van der Waals surface area contributed by atoms with Crippen LogP contribution in [-0.2, 0) is 17.5 Å². The molecule has 0 radical (unpaired) electrons. The second-order valence-corrected chi connectivity index (χ2v) is 5.63. The van der Waals surface area contributed by atoms with Gasteiger partial charge < -0.3 is 4.74 Å². The van der Waals surface area contributed by atoms with Crippen LogP contribution < -0.4 is 0 Å². The summed E-state index contributed by atoms with van der Waals surface area (Å²) in [5.41, 5.74) is -0.227. The fourth-order valence-corrected chi connectivity index (χ4v) is 2.36. The first-order chi connectivity index (χ1) is 12.8. The number of carbonyl (C=O) groups is 1. The summed E-state index contributed by atoms with van der Waals surface area (Å²) in [6, 6.07) is 7.91. The van der Waals surface area contributed by atoms with Gasteiger partial charge in [-0.2, -0.15) is 18.3 Å². The molecule has 0 atom stereocenters. The van der Waals surface area contributed by atoms with Crippen molar-refractivity contribution in [2.75, 3.05) is 0 Å². The highest BCUT2D eigenvalue weighted by molar-refractivity contribution is 5.90. The van der Waals surface area contributed by atoms with Gasteiger partial charge in [0.1, 0.15) is 18.0 Å². The first kappa shape index (κ1) is 18.6. The first-order valence-electron chi connectivity index (χ1n) is 7.76. The van der Waals surface area contributed by atoms with E-state index >= 15 is 0 Å². The second-order valence-electron chi connectivity index (χ2n) is 5.63. The van der Waals surface area contributed by atoms with E-state index in [0.717, 1.165) is 12.1 Å². The number of halogens is 4.